The summed E-state index contributed by atoms with van der Waals surface area (Å²) in [6, 6.07) is 0. The number of aromatic amines is 8. The number of hydrogen-bond acceptors (Lipinski definition) is 7. The van der Waals surface area contributed by atoms with Gasteiger partial charge in [-0.25, -0.2) is 0 Å². The number of rotatable bonds is 18. The lowest BCUT2D eigenvalue weighted by atomic mass is 10.0. The monoisotopic (exact) mass is 1180 g/mol. The molecule has 0 unspecified atom stereocenters. The minimum Gasteiger partial charge on any atom is -0.481 e. The third-order valence-electron chi connectivity index (χ3n) is 18.0. The minimum absolute atomic E-state index is 0.0990. The van der Waals surface area contributed by atoms with Gasteiger partial charge >= 0.3 is 23.9 Å². The second-order valence-corrected chi connectivity index (χ2v) is 23.7. The van der Waals surface area contributed by atoms with Gasteiger partial charge in [0.15, 0.2) is 0 Å². The van der Waals surface area contributed by atoms with Crippen molar-refractivity contribution in [3.05, 3.63) is 177 Å². The van der Waals surface area contributed by atoms with E-state index in [0.29, 0.717) is 43.9 Å². The van der Waals surface area contributed by atoms with Crippen molar-refractivity contribution in [1.82, 2.24) is 39.9 Å². The van der Waals surface area contributed by atoms with Crippen molar-refractivity contribution in [2.24, 2.45) is 0 Å². The predicted octanol–water partition coefficient (Wildman–Crippen LogP) is 5.05. The SMILES string of the molecule is Cc1c2[nH]c(c1CCC(=O)O)C=c1[nH]c(c(C)c1CCC(=O)O)=Cc1[nH]c(c([C@@H](C)O[C@H](C)c3c4[nH]c(c3C)C=c3[nH]c(c(C)c3[C@@H](C)O)=Cc3[nH]c(c(CCC(=O)O)c3C)C=c3[nH]c(c(C)c3CCC(=O)O)=C4)c1C)C=c1[nH]c(c([C@@H](C)O)c1C)=C2. The van der Waals surface area contributed by atoms with Crippen LogP contribution in [0, 0.1) is 55.4 Å². The maximum Gasteiger partial charge on any atom is 0.303 e. The van der Waals surface area contributed by atoms with Gasteiger partial charge in [0, 0.05) is 136 Å². The molecule has 0 aromatic carbocycles. The zero-order chi connectivity index (χ0) is 62.8. The zero-order valence-electron chi connectivity index (χ0n) is 51.3. The summed E-state index contributed by atoms with van der Waals surface area (Å²) in [5.41, 5.74) is 19.1. The number of carboxylic acid groups (broad SMARTS) is 4. The summed E-state index contributed by atoms with van der Waals surface area (Å²) in [4.78, 5) is 77.3. The fourth-order valence-corrected chi connectivity index (χ4v) is 13.4. The van der Waals surface area contributed by atoms with E-state index in [0.717, 1.165) is 133 Å². The number of carboxylic acids is 4. The highest BCUT2D eigenvalue weighted by atomic mass is 16.5. The van der Waals surface area contributed by atoms with Crippen molar-refractivity contribution in [2.45, 2.75) is 159 Å². The van der Waals surface area contributed by atoms with E-state index in [2.05, 4.69) is 39.9 Å². The molecule has 19 heteroatoms. The summed E-state index contributed by atoms with van der Waals surface area (Å²) in [5.74, 6) is -3.74. The number of nitrogens with one attached hydrogen (secondary N) is 8. The van der Waals surface area contributed by atoms with Crippen molar-refractivity contribution in [3.8, 4) is 0 Å². The second kappa shape index (κ2) is 24.0. The van der Waals surface area contributed by atoms with E-state index in [1.807, 2.05) is 118 Å². The quantitative estimate of drug-likeness (QED) is 0.0539. The lowest BCUT2D eigenvalue weighted by Gasteiger charge is -2.21. The molecule has 19 nitrogen and oxygen atoms in total. The van der Waals surface area contributed by atoms with Gasteiger partial charge in [-0.15, -0.1) is 0 Å². The van der Waals surface area contributed by atoms with Crippen LogP contribution in [0.1, 0.15) is 212 Å². The molecular weight excluding hydrogens is 1100 g/mol. The van der Waals surface area contributed by atoms with Gasteiger partial charge in [-0.2, -0.15) is 0 Å². The number of carbonyl (C=O) groups is 4. The van der Waals surface area contributed by atoms with Gasteiger partial charge in [-0.05, 0) is 224 Å². The van der Waals surface area contributed by atoms with Crippen molar-refractivity contribution in [3.63, 3.8) is 0 Å². The van der Waals surface area contributed by atoms with Gasteiger partial charge in [-0.1, -0.05) is 0 Å². The zero-order valence-corrected chi connectivity index (χ0v) is 51.3. The Morgan fingerprint density at radius 1 is 0.322 bits per heavy atom. The first-order valence-electron chi connectivity index (χ1n) is 29.6. The van der Waals surface area contributed by atoms with Crippen molar-refractivity contribution in [1.29, 1.82) is 0 Å². The number of aliphatic carboxylic acids is 4. The van der Waals surface area contributed by atoms with Crippen LogP contribution in [0.2, 0.25) is 0 Å². The molecule has 16 bridgehead atoms. The Kier molecular flexibility index (Phi) is 16.9. The van der Waals surface area contributed by atoms with Crippen LogP contribution in [-0.2, 0) is 49.6 Å². The molecule has 10 heterocycles. The molecule has 456 valence electrons. The maximum atomic E-state index is 12.2. The third kappa shape index (κ3) is 11.9. The van der Waals surface area contributed by atoms with E-state index < -0.39 is 48.3 Å². The van der Waals surface area contributed by atoms with Crippen molar-refractivity contribution >= 4 is 72.5 Å². The highest BCUT2D eigenvalue weighted by Gasteiger charge is 2.27. The molecule has 0 amide bonds. The molecule has 8 aromatic heterocycles. The first-order valence-corrected chi connectivity index (χ1v) is 29.6. The van der Waals surface area contributed by atoms with Crippen LogP contribution in [0.4, 0.5) is 0 Å². The van der Waals surface area contributed by atoms with Crippen LogP contribution < -0.4 is 42.8 Å². The smallest absolute Gasteiger partial charge is 0.303 e. The Balaban J connectivity index is 1.18. The summed E-state index contributed by atoms with van der Waals surface area (Å²) < 4.78 is 7.30. The first kappa shape index (κ1) is 61.1. The van der Waals surface area contributed by atoms with E-state index in [9.17, 15) is 49.8 Å². The van der Waals surface area contributed by atoms with Gasteiger partial charge in [-0.3, -0.25) is 19.2 Å². The number of aliphatic hydroxyl groups excluding tert-OH is 2. The minimum atomic E-state index is -0.940. The number of ether oxygens (including phenoxy) is 1. The Morgan fingerprint density at radius 2 is 0.586 bits per heavy atom. The van der Waals surface area contributed by atoms with Gasteiger partial charge in [0.1, 0.15) is 0 Å². The summed E-state index contributed by atoms with van der Waals surface area (Å²) in [6.45, 7) is 23.3. The molecule has 8 aromatic rings. The molecule has 2 aliphatic rings. The number of H-pyrrole nitrogens is 8. The van der Waals surface area contributed by atoms with Crippen LogP contribution in [-0.4, -0.2) is 94.4 Å². The average Bonchev–Trinajstić information content (AvgIpc) is 1.72. The Bertz CT molecular complexity index is 4670. The van der Waals surface area contributed by atoms with E-state index in [1.165, 1.54) is 0 Å². The largest absolute Gasteiger partial charge is 0.481 e. The Morgan fingerprint density at radius 3 is 0.920 bits per heavy atom. The fraction of sp³-hybridized carbons (Fsp3) is 0.353. The second-order valence-electron chi connectivity index (χ2n) is 23.7. The normalized spacial score (nSPS) is 14.0. The molecule has 87 heavy (non-hydrogen) atoms. The average molecular weight is 1180 g/mol. The lowest BCUT2D eigenvalue weighted by Crippen LogP contribution is -2.14. The standard InChI is InChI=1S/C68H78N8O11/c1-29-41(13-17-61(79)80)53-28-56-44(16-20-64(85)86)32(4)48(72-56)24-59-68(36(8)52(76-59)25-58-65(37(9)77)33(5)49(73-58)21-45(29)69-53)40(12)87-39(11)67-35(7)50-22-46-30(2)42(14-18-62(81)82)54(70-46)27-55-43(15-19-63(83)84)31(3)47(71-55)23-57-66(38(10)78)34(6)51(74-57)26-60(67)75-50/h21-28,37-40,69-78H,13-20H2,1-12H3,(H,79,80)(H,81,82)(H,83,84)(H,85,86)/t37-,38-,39-,40-/m1/s1. The lowest BCUT2D eigenvalue weighted by molar-refractivity contribution is -0.138. The van der Waals surface area contributed by atoms with Gasteiger partial charge in [0.25, 0.3) is 0 Å². The van der Waals surface area contributed by atoms with Crippen molar-refractivity contribution < 1.29 is 54.6 Å². The van der Waals surface area contributed by atoms with Crippen LogP contribution in [0.25, 0.3) is 48.6 Å². The number of hydrogen-bond donors (Lipinski definition) is 14. The van der Waals surface area contributed by atoms with Gasteiger partial charge < -0.3 is 75.2 Å². The van der Waals surface area contributed by atoms with Crippen LogP contribution >= 0.6 is 0 Å². The van der Waals surface area contributed by atoms with E-state index in [1.54, 1.807) is 13.8 Å². The number of fused-ring (bicyclic) bond motifs is 16. The fourth-order valence-electron chi connectivity index (χ4n) is 13.4. The molecule has 0 radical (unpaired) electrons. The molecule has 2 aliphatic heterocycles. The molecule has 14 N–H and O–H groups in total. The number of aromatic nitrogens is 8. The predicted molar refractivity (Wildman–Crippen MR) is 333 cm³/mol. The molecule has 10 rings (SSSR count). The topological polar surface area (TPSA) is 325 Å². The molecule has 4 atom stereocenters. The molecular formula is C68H78N8O11. The van der Waals surface area contributed by atoms with Crippen LogP contribution in [0.15, 0.2) is 0 Å². The van der Waals surface area contributed by atoms with E-state index in [4.69, 9.17) is 4.74 Å². The van der Waals surface area contributed by atoms with Crippen molar-refractivity contribution in [2.75, 3.05) is 0 Å². The Labute approximate surface area is 501 Å². The highest BCUT2D eigenvalue weighted by Crippen LogP contribution is 2.37. The molecule has 0 fully saturated rings. The van der Waals surface area contributed by atoms with Gasteiger partial charge in [0.2, 0.25) is 0 Å². The van der Waals surface area contributed by atoms with Crippen LogP contribution in [0.3, 0.4) is 0 Å². The summed E-state index contributed by atoms with van der Waals surface area (Å²) in [5, 5.41) is 68.0. The van der Waals surface area contributed by atoms with Gasteiger partial charge in [0.05, 0.1) is 24.4 Å². The van der Waals surface area contributed by atoms with E-state index in [-0.39, 0.29) is 51.4 Å². The maximum absolute atomic E-state index is 12.2. The van der Waals surface area contributed by atoms with Crippen LogP contribution in [0.5, 0.6) is 0 Å². The highest BCUT2D eigenvalue weighted by molar-refractivity contribution is 5.72. The summed E-state index contributed by atoms with van der Waals surface area (Å²) in [6.07, 6.45) is 13.5. The third-order valence-corrected chi connectivity index (χ3v) is 18.0. The van der Waals surface area contributed by atoms with E-state index >= 15 is 0 Å². The summed E-state index contributed by atoms with van der Waals surface area (Å²) >= 11 is 0. The Hall–Kier alpha value is -9.04. The molecule has 0 saturated heterocycles. The first-order chi connectivity index (χ1) is 41.2. The molecule has 0 saturated carbocycles. The number of aliphatic hydroxyl groups is 2. The summed E-state index contributed by atoms with van der Waals surface area (Å²) in [7, 11) is 0. The molecule has 0 spiro atoms. The molecule has 0 aliphatic carbocycles.